The first kappa shape index (κ1) is 17.7. The normalized spacial score (nSPS) is 10.4. The van der Waals surface area contributed by atoms with Gasteiger partial charge in [-0.25, -0.2) is 15.0 Å². The minimum absolute atomic E-state index is 0.0335. The minimum Gasteiger partial charge on any atom is -0.506 e. The van der Waals surface area contributed by atoms with Gasteiger partial charge in [0, 0.05) is 31.3 Å². The minimum atomic E-state index is -0.278. The maximum Gasteiger partial charge on any atom is 0.269 e. The fourth-order valence-electron chi connectivity index (χ4n) is 2.14. The molecule has 128 valence electrons. The Balaban J connectivity index is 1.80. The lowest BCUT2D eigenvalue weighted by molar-refractivity contribution is 0.0950. The highest BCUT2D eigenvalue weighted by molar-refractivity contribution is 5.92. The van der Waals surface area contributed by atoms with E-state index in [4.69, 9.17) is 5.11 Å². The van der Waals surface area contributed by atoms with Crippen LogP contribution in [0.4, 0.5) is 5.82 Å². The zero-order valence-corrected chi connectivity index (χ0v) is 14.0. The summed E-state index contributed by atoms with van der Waals surface area (Å²) in [5.74, 6) is 1.37. The number of pyridine rings is 1. The molecule has 0 bridgehead atoms. The average Bonchev–Trinajstić information content (AvgIpc) is 2.57. The van der Waals surface area contributed by atoms with E-state index in [-0.39, 0.29) is 17.4 Å². The Kier molecular flexibility index (Phi) is 6.48. The Morgan fingerprint density at radius 3 is 2.79 bits per heavy atom. The monoisotopic (exact) mass is 329 g/mol. The van der Waals surface area contributed by atoms with E-state index in [0.717, 1.165) is 36.6 Å². The molecule has 0 fully saturated rings. The van der Waals surface area contributed by atoms with Crippen molar-refractivity contribution in [3.8, 4) is 5.75 Å². The summed E-state index contributed by atoms with van der Waals surface area (Å²) in [6.45, 7) is 5.07. The molecule has 24 heavy (non-hydrogen) atoms. The summed E-state index contributed by atoms with van der Waals surface area (Å²) in [6, 6.07) is 4.80. The Morgan fingerprint density at radius 1 is 1.25 bits per heavy atom. The molecule has 1 amide bonds. The van der Waals surface area contributed by atoms with E-state index in [1.54, 1.807) is 0 Å². The van der Waals surface area contributed by atoms with Gasteiger partial charge in [0.2, 0.25) is 0 Å². The summed E-state index contributed by atoms with van der Waals surface area (Å²) in [6.07, 6.45) is 4.29. The van der Waals surface area contributed by atoms with E-state index in [2.05, 4.69) is 32.5 Å². The van der Waals surface area contributed by atoms with E-state index in [0.29, 0.717) is 13.1 Å². The van der Waals surface area contributed by atoms with Crippen LogP contribution < -0.4 is 10.6 Å². The van der Waals surface area contributed by atoms with Crippen molar-refractivity contribution in [1.82, 2.24) is 20.3 Å². The van der Waals surface area contributed by atoms with E-state index < -0.39 is 0 Å². The largest absolute Gasteiger partial charge is 0.506 e. The number of hydrogen-bond acceptors (Lipinski definition) is 6. The molecule has 0 aromatic carbocycles. The van der Waals surface area contributed by atoms with Gasteiger partial charge in [0.05, 0.1) is 6.20 Å². The van der Waals surface area contributed by atoms with Crippen LogP contribution >= 0.6 is 0 Å². The molecular formula is C17H23N5O2. The molecule has 0 spiro atoms. The van der Waals surface area contributed by atoms with E-state index >= 15 is 0 Å². The van der Waals surface area contributed by atoms with Crippen LogP contribution in [0.3, 0.4) is 0 Å². The SMILES string of the molecule is CCCCc1nc(C)cc(NCCNC(=O)c2ccc(O)cn2)n1. The van der Waals surface area contributed by atoms with Crippen molar-refractivity contribution in [3.05, 3.63) is 41.6 Å². The maximum atomic E-state index is 11.9. The van der Waals surface area contributed by atoms with Crippen molar-refractivity contribution >= 4 is 11.7 Å². The van der Waals surface area contributed by atoms with E-state index in [1.807, 2.05) is 13.0 Å². The van der Waals surface area contributed by atoms with Crippen LogP contribution in [0.1, 0.15) is 41.8 Å². The molecule has 7 heteroatoms. The number of aryl methyl sites for hydroxylation is 2. The molecule has 2 heterocycles. The number of anilines is 1. The second-order valence-corrected chi connectivity index (χ2v) is 5.50. The van der Waals surface area contributed by atoms with Gasteiger partial charge in [0.15, 0.2) is 0 Å². The van der Waals surface area contributed by atoms with Gasteiger partial charge in [-0.15, -0.1) is 0 Å². The van der Waals surface area contributed by atoms with Gasteiger partial charge < -0.3 is 15.7 Å². The number of carbonyl (C=O) groups excluding carboxylic acids is 1. The zero-order chi connectivity index (χ0) is 17.4. The summed E-state index contributed by atoms with van der Waals surface area (Å²) in [7, 11) is 0. The van der Waals surface area contributed by atoms with Crippen molar-refractivity contribution in [3.63, 3.8) is 0 Å². The molecule has 2 rings (SSSR count). The molecule has 0 aliphatic carbocycles. The fourth-order valence-corrected chi connectivity index (χ4v) is 2.14. The first-order valence-corrected chi connectivity index (χ1v) is 8.10. The molecule has 0 radical (unpaired) electrons. The van der Waals surface area contributed by atoms with Gasteiger partial charge in [-0.1, -0.05) is 13.3 Å². The van der Waals surface area contributed by atoms with Gasteiger partial charge in [0.1, 0.15) is 23.1 Å². The number of nitrogens with zero attached hydrogens (tertiary/aromatic N) is 3. The molecule has 0 saturated carbocycles. The number of hydrogen-bond donors (Lipinski definition) is 3. The van der Waals surface area contributed by atoms with Crippen molar-refractivity contribution in [2.24, 2.45) is 0 Å². The third-order valence-corrected chi connectivity index (χ3v) is 3.35. The lowest BCUT2D eigenvalue weighted by atomic mass is 10.2. The van der Waals surface area contributed by atoms with Crippen LogP contribution in [-0.2, 0) is 6.42 Å². The predicted molar refractivity (Wildman–Crippen MR) is 92.1 cm³/mol. The zero-order valence-electron chi connectivity index (χ0n) is 14.0. The second kappa shape index (κ2) is 8.81. The summed E-state index contributed by atoms with van der Waals surface area (Å²) < 4.78 is 0. The van der Waals surface area contributed by atoms with Crippen LogP contribution in [0.15, 0.2) is 24.4 Å². The van der Waals surface area contributed by atoms with Crippen molar-refractivity contribution in [2.45, 2.75) is 33.1 Å². The van der Waals surface area contributed by atoms with Crippen molar-refractivity contribution in [2.75, 3.05) is 18.4 Å². The molecule has 0 unspecified atom stereocenters. The highest BCUT2D eigenvalue weighted by atomic mass is 16.3. The Labute approximate surface area is 141 Å². The lowest BCUT2D eigenvalue weighted by Crippen LogP contribution is -2.29. The van der Waals surface area contributed by atoms with E-state index in [9.17, 15) is 4.79 Å². The van der Waals surface area contributed by atoms with E-state index in [1.165, 1.54) is 18.3 Å². The lowest BCUT2D eigenvalue weighted by Gasteiger charge is -2.09. The summed E-state index contributed by atoms with van der Waals surface area (Å²) >= 11 is 0. The average molecular weight is 329 g/mol. The molecule has 2 aromatic rings. The molecule has 0 atom stereocenters. The number of carbonyl (C=O) groups is 1. The van der Waals surface area contributed by atoms with Gasteiger partial charge in [-0.3, -0.25) is 4.79 Å². The molecule has 2 aromatic heterocycles. The van der Waals surface area contributed by atoms with Gasteiger partial charge in [-0.2, -0.15) is 0 Å². The Bertz CT molecular complexity index is 673. The van der Waals surface area contributed by atoms with Crippen LogP contribution in [0.25, 0.3) is 0 Å². The number of rotatable bonds is 8. The first-order valence-electron chi connectivity index (χ1n) is 8.10. The molecular weight excluding hydrogens is 306 g/mol. The third kappa shape index (κ3) is 5.49. The smallest absolute Gasteiger partial charge is 0.269 e. The van der Waals surface area contributed by atoms with Crippen molar-refractivity contribution in [1.29, 1.82) is 0 Å². The molecule has 0 saturated heterocycles. The standard InChI is InChI=1S/C17H23N5O2/c1-3-4-5-15-21-12(2)10-16(22-15)18-8-9-19-17(24)14-7-6-13(23)11-20-14/h6-7,10-11,23H,3-5,8-9H2,1-2H3,(H,19,24)(H,18,21,22). The highest BCUT2D eigenvalue weighted by Gasteiger charge is 2.06. The van der Waals surface area contributed by atoms with Crippen LogP contribution in [0, 0.1) is 6.92 Å². The highest BCUT2D eigenvalue weighted by Crippen LogP contribution is 2.08. The third-order valence-electron chi connectivity index (χ3n) is 3.35. The topological polar surface area (TPSA) is 100 Å². The second-order valence-electron chi connectivity index (χ2n) is 5.50. The van der Waals surface area contributed by atoms with Crippen LogP contribution in [-0.4, -0.2) is 39.1 Å². The summed E-state index contributed by atoms with van der Waals surface area (Å²) in [5, 5.41) is 15.1. The fraction of sp³-hybridized carbons (Fsp3) is 0.412. The number of amides is 1. The van der Waals surface area contributed by atoms with Gasteiger partial charge >= 0.3 is 0 Å². The number of unbranched alkanes of at least 4 members (excludes halogenated alkanes) is 1. The van der Waals surface area contributed by atoms with Crippen LogP contribution in [0.2, 0.25) is 0 Å². The Hall–Kier alpha value is -2.70. The van der Waals surface area contributed by atoms with Crippen molar-refractivity contribution < 1.29 is 9.90 Å². The maximum absolute atomic E-state index is 11.9. The number of nitrogens with one attached hydrogen (secondary N) is 2. The van der Waals surface area contributed by atoms with Gasteiger partial charge in [0.25, 0.3) is 5.91 Å². The number of aromatic nitrogens is 3. The quantitative estimate of drug-likeness (QED) is 0.641. The predicted octanol–water partition coefficient (Wildman–Crippen LogP) is 2.07. The van der Waals surface area contributed by atoms with Gasteiger partial charge in [-0.05, 0) is 25.5 Å². The summed E-state index contributed by atoms with van der Waals surface area (Å²) in [4.78, 5) is 24.7. The first-order chi connectivity index (χ1) is 11.6. The molecule has 0 aliphatic heterocycles. The molecule has 0 aliphatic rings. The van der Waals surface area contributed by atoms with Crippen LogP contribution in [0.5, 0.6) is 5.75 Å². The summed E-state index contributed by atoms with van der Waals surface area (Å²) in [5.41, 5.74) is 1.20. The Morgan fingerprint density at radius 2 is 2.08 bits per heavy atom. The molecule has 7 nitrogen and oxygen atoms in total. The number of aromatic hydroxyl groups is 1. The molecule has 3 N–H and O–H groups in total.